The van der Waals surface area contributed by atoms with Crippen LogP contribution in [0.4, 0.5) is 0 Å². The van der Waals surface area contributed by atoms with Crippen molar-refractivity contribution in [3.63, 3.8) is 0 Å². The second kappa shape index (κ2) is 5.77. The number of nitriles is 1. The zero-order valence-corrected chi connectivity index (χ0v) is 10.4. The quantitative estimate of drug-likeness (QED) is 0.798. The van der Waals surface area contributed by atoms with E-state index < -0.39 is 0 Å². The third-order valence-corrected chi connectivity index (χ3v) is 3.43. The van der Waals surface area contributed by atoms with E-state index in [-0.39, 0.29) is 0 Å². The van der Waals surface area contributed by atoms with E-state index in [0.717, 1.165) is 24.2 Å². The van der Waals surface area contributed by atoms with Crippen molar-refractivity contribution in [2.45, 2.75) is 57.8 Å². The van der Waals surface area contributed by atoms with E-state index in [2.05, 4.69) is 29.0 Å². The molecule has 0 bridgehead atoms. The summed E-state index contributed by atoms with van der Waals surface area (Å²) < 4.78 is 0. The van der Waals surface area contributed by atoms with Gasteiger partial charge in [0.05, 0.1) is 0 Å². The number of aryl methyl sites for hydroxylation is 1. The second-order valence-electron chi connectivity index (χ2n) is 4.80. The molecular formula is C14H19N3. The minimum Gasteiger partial charge on any atom is -0.224 e. The topological polar surface area (TPSA) is 49.6 Å². The Balaban J connectivity index is 2.25. The molecule has 0 N–H and O–H groups in total. The lowest BCUT2D eigenvalue weighted by Gasteiger charge is -2.21. The molecule has 1 fully saturated rings. The van der Waals surface area contributed by atoms with Crippen molar-refractivity contribution in [3.05, 3.63) is 23.3 Å². The summed E-state index contributed by atoms with van der Waals surface area (Å²) in [5, 5.41) is 8.98. The van der Waals surface area contributed by atoms with Crippen molar-refractivity contribution < 1.29 is 0 Å². The van der Waals surface area contributed by atoms with E-state index in [9.17, 15) is 0 Å². The number of hydrogen-bond donors (Lipinski definition) is 0. The molecule has 0 aromatic carbocycles. The fourth-order valence-electron chi connectivity index (χ4n) is 2.56. The van der Waals surface area contributed by atoms with Gasteiger partial charge < -0.3 is 0 Å². The Morgan fingerprint density at radius 3 is 2.71 bits per heavy atom. The van der Waals surface area contributed by atoms with Gasteiger partial charge in [-0.1, -0.05) is 32.6 Å². The SMILES string of the molecule is CCCc1cc(C2CCCCC2)nc(C#N)n1. The molecule has 2 rings (SSSR count). The summed E-state index contributed by atoms with van der Waals surface area (Å²) in [6.07, 6.45) is 8.36. The molecule has 0 saturated heterocycles. The first-order chi connectivity index (χ1) is 8.33. The molecule has 0 unspecified atom stereocenters. The van der Waals surface area contributed by atoms with Crippen molar-refractivity contribution in [2.75, 3.05) is 0 Å². The number of aromatic nitrogens is 2. The Bertz CT molecular complexity index is 414. The van der Waals surface area contributed by atoms with Gasteiger partial charge in [-0.3, -0.25) is 0 Å². The third kappa shape index (κ3) is 3.03. The van der Waals surface area contributed by atoms with E-state index in [4.69, 9.17) is 5.26 Å². The Labute approximate surface area is 103 Å². The van der Waals surface area contributed by atoms with Gasteiger partial charge in [-0.15, -0.1) is 0 Å². The molecule has 0 aliphatic heterocycles. The third-order valence-electron chi connectivity index (χ3n) is 3.43. The van der Waals surface area contributed by atoms with E-state index in [1.54, 1.807) is 0 Å². The fraction of sp³-hybridized carbons (Fsp3) is 0.643. The minimum atomic E-state index is 0.344. The molecular weight excluding hydrogens is 210 g/mol. The summed E-state index contributed by atoms with van der Waals surface area (Å²) >= 11 is 0. The molecule has 3 heteroatoms. The maximum absolute atomic E-state index is 8.98. The highest BCUT2D eigenvalue weighted by atomic mass is 14.9. The Morgan fingerprint density at radius 1 is 1.29 bits per heavy atom. The smallest absolute Gasteiger partial charge is 0.224 e. The van der Waals surface area contributed by atoms with Gasteiger partial charge in [0, 0.05) is 17.3 Å². The lowest BCUT2D eigenvalue weighted by molar-refractivity contribution is 0.435. The maximum atomic E-state index is 8.98. The van der Waals surface area contributed by atoms with E-state index in [0.29, 0.717) is 11.7 Å². The van der Waals surface area contributed by atoms with E-state index in [1.165, 1.54) is 32.1 Å². The molecule has 0 amide bonds. The molecule has 17 heavy (non-hydrogen) atoms. The normalized spacial score (nSPS) is 16.7. The van der Waals surface area contributed by atoms with Crippen LogP contribution in [-0.2, 0) is 6.42 Å². The summed E-state index contributed by atoms with van der Waals surface area (Å²) in [5.41, 5.74) is 2.12. The van der Waals surface area contributed by atoms with Crippen LogP contribution in [0.1, 0.15) is 68.6 Å². The molecule has 1 saturated carbocycles. The molecule has 1 aliphatic rings. The van der Waals surface area contributed by atoms with Crippen LogP contribution in [0.25, 0.3) is 0 Å². The molecule has 0 atom stereocenters. The molecule has 1 heterocycles. The lowest BCUT2D eigenvalue weighted by Crippen LogP contribution is -2.09. The lowest BCUT2D eigenvalue weighted by atomic mass is 9.86. The van der Waals surface area contributed by atoms with Crippen molar-refractivity contribution in [1.29, 1.82) is 5.26 Å². The van der Waals surface area contributed by atoms with Crippen LogP contribution in [-0.4, -0.2) is 9.97 Å². The Kier molecular flexibility index (Phi) is 4.08. The van der Waals surface area contributed by atoms with E-state index in [1.807, 2.05) is 0 Å². The average molecular weight is 229 g/mol. The van der Waals surface area contributed by atoms with Crippen LogP contribution in [0.15, 0.2) is 6.07 Å². The van der Waals surface area contributed by atoms with Gasteiger partial charge in [-0.2, -0.15) is 5.26 Å². The zero-order valence-electron chi connectivity index (χ0n) is 10.4. The number of nitrogens with zero attached hydrogens (tertiary/aromatic N) is 3. The van der Waals surface area contributed by atoms with Gasteiger partial charge in [0.2, 0.25) is 5.82 Å². The van der Waals surface area contributed by atoms with Crippen LogP contribution in [0.5, 0.6) is 0 Å². The van der Waals surface area contributed by atoms with Crippen LogP contribution < -0.4 is 0 Å². The van der Waals surface area contributed by atoms with Crippen LogP contribution in [0, 0.1) is 11.3 Å². The first kappa shape index (κ1) is 12.0. The van der Waals surface area contributed by atoms with Crippen molar-refractivity contribution >= 4 is 0 Å². The highest BCUT2D eigenvalue weighted by molar-refractivity contribution is 5.21. The number of hydrogen-bond acceptors (Lipinski definition) is 3. The predicted octanol–water partition coefficient (Wildman–Crippen LogP) is 3.35. The van der Waals surface area contributed by atoms with E-state index >= 15 is 0 Å². The van der Waals surface area contributed by atoms with Gasteiger partial charge in [-0.05, 0) is 25.3 Å². The predicted molar refractivity (Wildman–Crippen MR) is 66.6 cm³/mol. The summed E-state index contributed by atoms with van der Waals surface area (Å²) in [6.45, 7) is 2.13. The summed E-state index contributed by atoms with van der Waals surface area (Å²) in [5.74, 6) is 0.894. The van der Waals surface area contributed by atoms with Gasteiger partial charge in [0.15, 0.2) is 0 Å². The molecule has 3 nitrogen and oxygen atoms in total. The highest BCUT2D eigenvalue weighted by Gasteiger charge is 2.18. The summed E-state index contributed by atoms with van der Waals surface area (Å²) in [7, 11) is 0. The average Bonchev–Trinajstić information content (AvgIpc) is 2.40. The monoisotopic (exact) mass is 229 g/mol. The fourth-order valence-corrected chi connectivity index (χ4v) is 2.56. The molecule has 1 aromatic rings. The Hall–Kier alpha value is -1.43. The first-order valence-corrected chi connectivity index (χ1v) is 6.61. The van der Waals surface area contributed by atoms with Crippen LogP contribution in [0.2, 0.25) is 0 Å². The standard InChI is InChI=1S/C14H19N3/c1-2-6-12-9-13(17-14(10-15)16-12)11-7-4-3-5-8-11/h9,11H,2-8H2,1H3. The largest absolute Gasteiger partial charge is 0.232 e. The number of rotatable bonds is 3. The molecule has 1 aromatic heterocycles. The molecule has 0 spiro atoms. The second-order valence-corrected chi connectivity index (χ2v) is 4.80. The maximum Gasteiger partial charge on any atom is 0.232 e. The molecule has 90 valence electrons. The summed E-state index contributed by atoms with van der Waals surface area (Å²) in [4.78, 5) is 8.65. The first-order valence-electron chi connectivity index (χ1n) is 6.61. The van der Waals surface area contributed by atoms with Crippen molar-refractivity contribution in [3.8, 4) is 6.07 Å². The molecule has 0 radical (unpaired) electrons. The van der Waals surface area contributed by atoms with Gasteiger partial charge in [-0.25, -0.2) is 9.97 Å². The summed E-state index contributed by atoms with van der Waals surface area (Å²) in [6, 6.07) is 4.19. The highest BCUT2D eigenvalue weighted by Crippen LogP contribution is 2.31. The van der Waals surface area contributed by atoms with Crippen molar-refractivity contribution in [1.82, 2.24) is 9.97 Å². The van der Waals surface area contributed by atoms with Gasteiger partial charge >= 0.3 is 0 Å². The van der Waals surface area contributed by atoms with Crippen LogP contribution >= 0.6 is 0 Å². The molecule has 1 aliphatic carbocycles. The Morgan fingerprint density at radius 2 is 2.06 bits per heavy atom. The van der Waals surface area contributed by atoms with Gasteiger partial charge in [0.25, 0.3) is 0 Å². The van der Waals surface area contributed by atoms with Gasteiger partial charge in [0.1, 0.15) is 6.07 Å². The van der Waals surface area contributed by atoms with Crippen molar-refractivity contribution in [2.24, 2.45) is 0 Å². The van der Waals surface area contributed by atoms with Crippen LogP contribution in [0.3, 0.4) is 0 Å². The minimum absolute atomic E-state index is 0.344. The zero-order chi connectivity index (χ0) is 12.1.